The Balaban J connectivity index is 2.73. The highest BCUT2D eigenvalue weighted by Crippen LogP contribution is 2.15. The SMILES string of the molecule is COC[C@@H](C)NC(=O)c1ccc(Br)cc1F. The maximum absolute atomic E-state index is 13.4. The highest BCUT2D eigenvalue weighted by molar-refractivity contribution is 9.10. The van der Waals surface area contributed by atoms with E-state index in [1.807, 2.05) is 0 Å². The third kappa shape index (κ3) is 3.57. The Labute approximate surface area is 102 Å². The van der Waals surface area contributed by atoms with Crippen LogP contribution in [0.1, 0.15) is 17.3 Å². The Bertz CT molecular complexity index is 384. The average molecular weight is 290 g/mol. The van der Waals surface area contributed by atoms with Gasteiger partial charge in [-0.1, -0.05) is 15.9 Å². The Hall–Kier alpha value is -0.940. The molecule has 5 heteroatoms. The van der Waals surface area contributed by atoms with Crippen molar-refractivity contribution >= 4 is 21.8 Å². The molecular weight excluding hydrogens is 277 g/mol. The molecule has 1 amide bonds. The van der Waals surface area contributed by atoms with E-state index in [-0.39, 0.29) is 11.6 Å². The summed E-state index contributed by atoms with van der Waals surface area (Å²) in [6.45, 7) is 2.18. The molecule has 16 heavy (non-hydrogen) atoms. The van der Waals surface area contributed by atoms with Crippen molar-refractivity contribution in [2.45, 2.75) is 13.0 Å². The summed E-state index contributed by atoms with van der Waals surface area (Å²) in [4.78, 5) is 11.6. The van der Waals surface area contributed by atoms with Crippen molar-refractivity contribution in [3.05, 3.63) is 34.1 Å². The van der Waals surface area contributed by atoms with E-state index in [1.54, 1.807) is 20.1 Å². The lowest BCUT2D eigenvalue weighted by atomic mass is 10.2. The topological polar surface area (TPSA) is 38.3 Å². The standard InChI is InChI=1S/C11H13BrFNO2/c1-7(6-16-2)14-11(15)9-4-3-8(12)5-10(9)13/h3-5,7H,6H2,1-2H3,(H,14,15)/t7-/m1/s1. The molecule has 1 rings (SSSR count). The third-order valence-electron chi connectivity index (χ3n) is 1.97. The normalized spacial score (nSPS) is 12.2. The van der Waals surface area contributed by atoms with Gasteiger partial charge in [0.2, 0.25) is 0 Å². The van der Waals surface area contributed by atoms with Crippen LogP contribution in [0.25, 0.3) is 0 Å². The number of halogens is 2. The lowest BCUT2D eigenvalue weighted by molar-refractivity contribution is 0.0901. The van der Waals surface area contributed by atoms with Crippen LogP contribution in [-0.2, 0) is 4.74 Å². The van der Waals surface area contributed by atoms with Crippen molar-refractivity contribution in [2.75, 3.05) is 13.7 Å². The quantitative estimate of drug-likeness (QED) is 0.924. The van der Waals surface area contributed by atoms with Crippen LogP contribution in [0.3, 0.4) is 0 Å². The fourth-order valence-electron chi connectivity index (χ4n) is 1.27. The zero-order valence-electron chi connectivity index (χ0n) is 9.09. The van der Waals surface area contributed by atoms with E-state index in [0.717, 1.165) is 0 Å². The molecule has 0 aliphatic rings. The summed E-state index contributed by atoms with van der Waals surface area (Å²) in [5.41, 5.74) is 0.0335. The molecule has 0 heterocycles. The minimum absolute atomic E-state index is 0.0335. The molecule has 0 fully saturated rings. The number of rotatable bonds is 4. The van der Waals surface area contributed by atoms with Gasteiger partial charge in [0.05, 0.1) is 12.2 Å². The summed E-state index contributed by atoms with van der Waals surface area (Å²) in [6.07, 6.45) is 0. The van der Waals surface area contributed by atoms with E-state index in [4.69, 9.17) is 4.74 Å². The fraction of sp³-hybridized carbons (Fsp3) is 0.364. The molecule has 0 bridgehead atoms. The van der Waals surface area contributed by atoms with Gasteiger partial charge < -0.3 is 10.1 Å². The Morgan fingerprint density at radius 1 is 1.62 bits per heavy atom. The highest BCUT2D eigenvalue weighted by Gasteiger charge is 2.13. The second kappa shape index (κ2) is 5.96. The first-order chi connectivity index (χ1) is 7.54. The molecule has 3 nitrogen and oxygen atoms in total. The van der Waals surface area contributed by atoms with Gasteiger partial charge in [-0.3, -0.25) is 4.79 Å². The number of methoxy groups -OCH3 is 1. The number of amides is 1. The number of hydrogen-bond acceptors (Lipinski definition) is 2. The lowest BCUT2D eigenvalue weighted by Gasteiger charge is -2.13. The van der Waals surface area contributed by atoms with E-state index in [2.05, 4.69) is 21.2 Å². The summed E-state index contributed by atoms with van der Waals surface area (Å²) in [5, 5.41) is 2.64. The lowest BCUT2D eigenvalue weighted by Crippen LogP contribution is -2.36. The summed E-state index contributed by atoms with van der Waals surface area (Å²) in [7, 11) is 1.54. The molecule has 0 aromatic heterocycles. The molecule has 1 N–H and O–H groups in total. The van der Waals surface area contributed by atoms with Crippen LogP contribution in [0.2, 0.25) is 0 Å². The van der Waals surface area contributed by atoms with Gasteiger partial charge in [0.25, 0.3) is 5.91 Å². The zero-order valence-corrected chi connectivity index (χ0v) is 10.7. The van der Waals surface area contributed by atoms with Crippen molar-refractivity contribution in [3.63, 3.8) is 0 Å². The molecule has 1 atom stereocenters. The van der Waals surface area contributed by atoms with Gasteiger partial charge in [-0.15, -0.1) is 0 Å². The van der Waals surface area contributed by atoms with Crippen LogP contribution in [0.5, 0.6) is 0 Å². The minimum Gasteiger partial charge on any atom is -0.383 e. The molecule has 0 aliphatic heterocycles. The molecule has 0 aliphatic carbocycles. The first-order valence-electron chi connectivity index (χ1n) is 4.79. The first kappa shape index (κ1) is 13.1. The van der Waals surface area contributed by atoms with Crippen molar-refractivity contribution < 1.29 is 13.9 Å². The number of carbonyl (C=O) groups excluding carboxylic acids is 1. The van der Waals surface area contributed by atoms with Gasteiger partial charge in [0.15, 0.2) is 0 Å². The molecular formula is C11H13BrFNO2. The predicted octanol–water partition coefficient (Wildman–Crippen LogP) is 2.35. The monoisotopic (exact) mass is 289 g/mol. The Morgan fingerprint density at radius 3 is 2.88 bits per heavy atom. The number of benzene rings is 1. The first-order valence-corrected chi connectivity index (χ1v) is 5.58. The highest BCUT2D eigenvalue weighted by atomic mass is 79.9. The van der Waals surface area contributed by atoms with Gasteiger partial charge in [0.1, 0.15) is 5.82 Å². The summed E-state index contributed by atoms with van der Waals surface area (Å²) >= 11 is 3.13. The van der Waals surface area contributed by atoms with E-state index >= 15 is 0 Å². The largest absolute Gasteiger partial charge is 0.383 e. The molecule has 88 valence electrons. The average Bonchev–Trinajstić information content (AvgIpc) is 2.17. The second-order valence-electron chi connectivity index (χ2n) is 3.45. The van der Waals surface area contributed by atoms with Crippen molar-refractivity contribution in [1.29, 1.82) is 0 Å². The van der Waals surface area contributed by atoms with Crippen LogP contribution in [-0.4, -0.2) is 25.7 Å². The maximum atomic E-state index is 13.4. The predicted molar refractivity (Wildman–Crippen MR) is 62.9 cm³/mol. The van der Waals surface area contributed by atoms with Gasteiger partial charge in [-0.25, -0.2) is 4.39 Å². The summed E-state index contributed by atoms with van der Waals surface area (Å²) in [6, 6.07) is 4.17. The Kier molecular flexibility index (Phi) is 4.89. The molecule has 1 aromatic carbocycles. The van der Waals surface area contributed by atoms with E-state index in [0.29, 0.717) is 11.1 Å². The maximum Gasteiger partial charge on any atom is 0.254 e. The molecule has 0 saturated carbocycles. The van der Waals surface area contributed by atoms with Crippen molar-refractivity contribution in [1.82, 2.24) is 5.32 Å². The van der Waals surface area contributed by atoms with Crippen LogP contribution >= 0.6 is 15.9 Å². The minimum atomic E-state index is -0.545. The van der Waals surface area contributed by atoms with Crippen LogP contribution in [0, 0.1) is 5.82 Å². The van der Waals surface area contributed by atoms with E-state index in [9.17, 15) is 9.18 Å². The van der Waals surface area contributed by atoms with Crippen LogP contribution in [0.15, 0.2) is 22.7 Å². The zero-order chi connectivity index (χ0) is 12.1. The summed E-state index contributed by atoms with van der Waals surface area (Å²) < 4.78 is 18.9. The molecule has 0 unspecified atom stereocenters. The van der Waals surface area contributed by atoms with Gasteiger partial charge in [-0.2, -0.15) is 0 Å². The molecule has 0 spiro atoms. The van der Waals surface area contributed by atoms with Gasteiger partial charge >= 0.3 is 0 Å². The van der Waals surface area contributed by atoms with Crippen LogP contribution < -0.4 is 5.32 Å². The molecule has 1 aromatic rings. The summed E-state index contributed by atoms with van der Waals surface area (Å²) in [5.74, 6) is -0.981. The van der Waals surface area contributed by atoms with Crippen molar-refractivity contribution in [3.8, 4) is 0 Å². The Morgan fingerprint density at radius 2 is 2.31 bits per heavy atom. The van der Waals surface area contributed by atoms with Crippen LogP contribution in [0.4, 0.5) is 4.39 Å². The second-order valence-corrected chi connectivity index (χ2v) is 4.37. The van der Waals surface area contributed by atoms with Gasteiger partial charge in [-0.05, 0) is 25.1 Å². The van der Waals surface area contributed by atoms with Gasteiger partial charge in [0, 0.05) is 17.6 Å². The molecule has 0 radical (unpaired) electrons. The van der Waals surface area contributed by atoms with E-state index in [1.165, 1.54) is 12.1 Å². The van der Waals surface area contributed by atoms with Crippen molar-refractivity contribution in [2.24, 2.45) is 0 Å². The number of nitrogens with one attached hydrogen (secondary N) is 1. The van der Waals surface area contributed by atoms with E-state index < -0.39 is 11.7 Å². The molecule has 0 saturated heterocycles. The number of ether oxygens (including phenoxy) is 1. The third-order valence-corrected chi connectivity index (χ3v) is 2.46. The fourth-order valence-corrected chi connectivity index (χ4v) is 1.60. The number of hydrogen-bond donors (Lipinski definition) is 1. The number of carbonyl (C=O) groups is 1. The smallest absolute Gasteiger partial charge is 0.254 e.